The van der Waals surface area contributed by atoms with Crippen LogP contribution in [-0.2, 0) is 0 Å². The molecular weight excluding hydrogens is 282 g/mol. The third-order valence-electron chi connectivity index (χ3n) is 3.44. The Bertz CT molecular complexity index is 773. The van der Waals surface area contributed by atoms with Gasteiger partial charge in [-0.3, -0.25) is 4.40 Å². The highest BCUT2D eigenvalue weighted by atomic mass is 32.1. The Morgan fingerprint density at radius 2 is 2.10 bits per heavy atom. The summed E-state index contributed by atoms with van der Waals surface area (Å²) in [6.07, 6.45) is 0. The van der Waals surface area contributed by atoms with Crippen LogP contribution in [0, 0.1) is 0 Å². The van der Waals surface area contributed by atoms with Gasteiger partial charge in [-0.1, -0.05) is 26.0 Å². The molecule has 0 unspecified atom stereocenters. The number of imidazole rings is 1. The Hall–Kier alpha value is -2.01. The van der Waals surface area contributed by atoms with Gasteiger partial charge in [-0.2, -0.15) is 0 Å². The molecule has 0 amide bonds. The number of aromatic nitrogens is 2. The number of hydrogen-bond acceptors (Lipinski definition) is 4. The molecule has 2 N–H and O–H groups in total. The third-order valence-corrected chi connectivity index (χ3v) is 4.26. The van der Waals surface area contributed by atoms with Crippen LogP contribution in [0.3, 0.4) is 0 Å². The molecule has 3 aromatic rings. The van der Waals surface area contributed by atoms with Gasteiger partial charge in [0.25, 0.3) is 0 Å². The van der Waals surface area contributed by atoms with Crippen molar-refractivity contribution in [1.29, 1.82) is 0 Å². The first kappa shape index (κ1) is 13.9. The van der Waals surface area contributed by atoms with Crippen LogP contribution in [0.4, 0.5) is 5.82 Å². The van der Waals surface area contributed by atoms with E-state index in [2.05, 4.69) is 30.3 Å². The number of anilines is 1. The number of fused-ring (bicyclic) bond motifs is 1. The second-order valence-corrected chi connectivity index (χ2v) is 6.04. The Balaban J connectivity index is 2.22. The van der Waals surface area contributed by atoms with Gasteiger partial charge in [0.05, 0.1) is 18.0 Å². The summed E-state index contributed by atoms with van der Waals surface area (Å²) in [5.41, 5.74) is 9.35. The minimum absolute atomic E-state index is 0.312. The normalized spacial score (nSPS) is 11.4. The number of rotatable bonds is 4. The quantitative estimate of drug-likeness (QED) is 0.787. The summed E-state index contributed by atoms with van der Waals surface area (Å²) in [6.45, 7) is 6.84. The molecule has 5 heteroatoms. The maximum Gasteiger partial charge on any atom is 0.196 e. The van der Waals surface area contributed by atoms with E-state index in [-0.39, 0.29) is 0 Å². The van der Waals surface area contributed by atoms with Gasteiger partial charge in [0.1, 0.15) is 11.6 Å². The minimum Gasteiger partial charge on any atom is -0.493 e. The van der Waals surface area contributed by atoms with Gasteiger partial charge in [0, 0.05) is 10.9 Å². The zero-order valence-corrected chi connectivity index (χ0v) is 13.3. The third kappa shape index (κ3) is 2.27. The van der Waals surface area contributed by atoms with Crippen molar-refractivity contribution in [3.05, 3.63) is 35.3 Å². The lowest BCUT2D eigenvalue weighted by Crippen LogP contribution is -2.00. The number of hydrogen-bond donors (Lipinski definition) is 1. The van der Waals surface area contributed by atoms with Crippen molar-refractivity contribution in [1.82, 2.24) is 9.38 Å². The van der Waals surface area contributed by atoms with Crippen LogP contribution in [0.1, 0.15) is 32.4 Å². The maximum atomic E-state index is 6.31. The molecule has 0 aliphatic rings. The summed E-state index contributed by atoms with van der Waals surface area (Å²) in [5.74, 6) is 1.91. The molecule has 0 atom stereocenters. The molecule has 0 aliphatic heterocycles. The van der Waals surface area contributed by atoms with Crippen molar-refractivity contribution < 1.29 is 4.74 Å². The van der Waals surface area contributed by atoms with Crippen molar-refractivity contribution in [3.8, 4) is 17.0 Å². The Morgan fingerprint density at radius 3 is 2.81 bits per heavy atom. The fraction of sp³-hybridized carbons (Fsp3) is 0.312. The molecule has 0 saturated heterocycles. The second kappa shape index (κ2) is 5.41. The molecule has 110 valence electrons. The first-order valence-electron chi connectivity index (χ1n) is 7.11. The van der Waals surface area contributed by atoms with Crippen molar-refractivity contribution in [2.45, 2.75) is 26.7 Å². The van der Waals surface area contributed by atoms with E-state index in [1.54, 1.807) is 11.3 Å². The summed E-state index contributed by atoms with van der Waals surface area (Å²) in [4.78, 5) is 5.58. The Labute approximate surface area is 128 Å². The van der Waals surface area contributed by atoms with Crippen LogP contribution in [0.5, 0.6) is 5.75 Å². The van der Waals surface area contributed by atoms with Gasteiger partial charge >= 0.3 is 0 Å². The fourth-order valence-electron chi connectivity index (χ4n) is 2.47. The number of para-hydroxylation sites is 1. The lowest BCUT2D eigenvalue weighted by molar-refractivity contribution is 0.341. The Morgan fingerprint density at radius 1 is 1.33 bits per heavy atom. The zero-order chi connectivity index (χ0) is 15.0. The molecule has 0 radical (unpaired) electrons. The predicted octanol–water partition coefficient (Wildman–Crippen LogP) is 4.17. The van der Waals surface area contributed by atoms with Crippen LogP contribution in [0.25, 0.3) is 16.2 Å². The number of nitrogen functional groups attached to an aromatic ring is 1. The first-order chi connectivity index (χ1) is 10.1. The standard InChI is InChI=1S/C16H19N3OS/c1-4-20-13-8-6-5-7-11(13)12-9-21-16-18-14(10(2)3)15(17)19(12)16/h5-10H,4,17H2,1-3H3. The molecular formula is C16H19N3OS. The smallest absolute Gasteiger partial charge is 0.196 e. The van der Waals surface area contributed by atoms with Crippen molar-refractivity contribution in [3.63, 3.8) is 0 Å². The zero-order valence-electron chi connectivity index (χ0n) is 12.5. The number of nitrogens with zero attached hydrogens (tertiary/aromatic N) is 2. The summed E-state index contributed by atoms with van der Waals surface area (Å²) in [5, 5.41) is 2.08. The van der Waals surface area contributed by atoms with E-state index in [9.17, 15) is 0 Å². The van der Waals surface area contributed by atoms with Gasteiger partial charge in [0.2, 0.25) is 0 Å². The average molecular weight is 301 g/mol. The first-order valence-corrected chi connectivity index (χ1v) is 7.99. The van der Waals surface area contributed by atoms with Crippen molar-refractivity contribution in [2.24, 2.45) is 0 Å². The van der Waals surface area contributed by atoms with Crippen molar-refractivity contribution >= 4 is 22.1 Å². The molecule has 2 aromatic heterocycles. The van der Waals surface area contributed by atoms with E-state index >= 15 is 0 Å². The molecule has 0 bridgehead atoms. The second-order valence-electron chi connectivity index (χ2n) is 5.21. The fourth-order valence-corrected chi connectivity index (χ4v) is 3.37. The molecule has 0 spiro atoms. The van der Waals surface area contributed by atoms with Gasteiger partial charge in [-0.25, -0.2) is 4.98 Å². The van der Waals surface area contributed by atoms with Gasteiger partial charge < -0.3 is 10.5 Å². The maximum absolute atomic E-state index is 6.31. The van der Waals surface area contributed by atoms with Gasteiger partial charge in [-0.15, -0.1) is 11.3 Å². The molecule has 4 nitrogen and oxygen atoms in total. The number of thiazole rings is 1. The molecule has 0 fully saturated rings. The van der Waals surface area contributed by atoms with E-state index in [0.29, 0.717) is 12.5 Å². The lowest BCUT2D eigenvalue weighted by atomic mass is 10.1. The predicted molar refractivity (Wildman–Crippen MR) is 88.2 cm³/mol. The monoisotopic (exact) mass is 301 g/mol. The van der Waals surface area contributed by atoms with E-state index in [1.165, 1.54) is 0 Å². The minimum atomic E-state index is 0.312. The van der Waals surface area contributed by atoms with Gasteiger partial charge in [0.15, 0.2) is 4.96 Å². The SMILES string of the molecule is CCOc1ccccc1-c1csc2nc(C(C)C)c(N)n12. The summed E-state index contributed by atoms with van der Waals surface area (Å²) in [6, 6.07) is 8.03. The average Bonchev–Trinajstić information content (AvgIpc) is 3.01. The van der Waals surface area contributed by atoms with Crippen LogP contribution in [0.2, 0.25) is 0 Å². The molecule has 2 heterocycles. The summed E-state index contributed by atoms with van der Waals surface area (Å²) in [7, 11) is 0. The highest BCUT2D eigenvalue weighted by Gasteiger charge is 2.18. The highest BCUT2D eigenvalue weighted by molar-refractivity contribution is 7.15. The van der Waals surface area contributed by atoms with Crippen LogP contribution < -0.4 is 10.5 Å². The summed E-state index contributed by atoms with van der Waals surface area (Å²) < 4.78 is 7.76. The largest absolute Gasteiger partial charge is 0.493 e. The summed E-state index contributed by atoms with van der Waals surface area (Å²) >= 11 is 1.60. The van der Waals surface area contributed by atoms with E-state index in [1.807, 2.05) is 29.5 Å². The molecule has 0 saturated carbocycles. The molecule has 0 aliphatic carbocycles. The van der Waals surface area contributed by atoms with Crippen LogP contribution >= 0.6 is 11.3 Å². The van der Waals surface area contributed by atoms with E-state index in [0.717, 1.165) is 33.5 Å². The Kier molecular flexibility index (Phi) is 3.59. The van der Waals surface area contributed by atoms with E-state index in [4.69, 9.17) is 10.5 Å². The molecule has 21 heavy (non-hydrogen) atoms. The van der Waals surface area contributed by atoms with Gasteiger partial charge in [-0.05, 0) is 25.0 Å². The molecule has 3 rings (SSSR count). The van der Waals surface area contributed by atoms with Crippen LogP contribution in [0.15, 0.2) is 29.6 Å². The van der Waals surface area contributed by atoms with Crippen molar-refractivity contribution in [2.75, 3.05) is 12.3 Å². The van der Waals surface area contributed by atoms with E-state index < -0.39 is 0 Å². The topological polar surface area (TPSA) is 52.5 Å². The number of nitrogens with two attached hydrogens (primary N) is 1. The van der Waals surface area contributed by atoms with Crippen LogP contribution in [-0.4, -0.2) is 16.0 Å². The number of ether oxygens (including phenoxy) is 1. The number of benzene rings is 1. The molecule has 1 aromatic carbocycles. The lowest BCUT2D eigenvalue weighted by Gasteiger charge is -2.10. The highest BCUT2D eigenvalue weighted by Crippen LogP contribution is 2.36.